The molecule has 27 heavy (non-hydrogen) atoms. The van der Waals surface area contributed by atoms with Crippen LogP contribution in [0.4, 0.5) is 5.69 Å². The first-order valence-corrected chi connectivity index (χ1v) is 10.5. The van der Waals surface area contributed by atoms with Gasteiger partial charge in [-0.1, -0.05) is 30.3 Å². The van der Waals surface area contributed by atoms with Crippen LogP contribution < -0.4 is 4.90 Å². The summed E-state index contributed by atoms with van der Waals surface area (Å²) >= 11 is 0. The number of fused-ring (bicyclic) bond motifs is 1. The van der Waals surface area contributed by atoms with Crippen molar-refractivity contribution in [1.82, 2.24) is 9.21 Å². The number of hydrogen-bond acceptors (Lipinski definition) is 4. The standard InChI is InChI=1S/C20H23N3O3S/c1-21-10-11-23(14-19(21)15-6-4-3-5-7-15)27(25,26)17-8-9-18-16(12-17)13-20(24)22(18)2/h3-9,12,19H,10-11,13-14H2,1-2H3. The highest BCUT2D eigenvalue weighted by atomic mass is 32.2. The molecule has 2 heterocycles. The van der Waals surface area contributed by atoms with Crippen molar-refractivity contribution in [3.05, 3.63) is 59.7 Å². The number of rotatable bonds is 3. The van der Waals surface area contributed by atoms with Gasteiger partial charge in [0, 0.05) is 38.4 Å². The van der Waals surface area contributed by atoms with Crippen LogP contribution in [-0.4, -0.2) is 57.3 Å². The van der Waals surface area contributed by atoms with E-state index in [4.69, 9.17) is 0 Å². The molecule has 0 aromatic heterocycles. The highest BCUT2D eigenvalue weighted by Crippen LogP contribution is 2.32. The molecule has 1 amide bonds. The van der Waals surface area contributed by atoms with Crippen molar-refractivity contribution in [3.63, 3.8) is 0 Å². The van der Waals surface area contributed by atoms with Crippen molar-refractivity contribution >= 4 is 21.6 Å². The quantitative estimate of drug-likeness (QED) is 0.810. The van der Waals surface area contributed by atoms with Gasteiger partial charge in [0.25, 0.3) is 0 Å². The third kappa shape index (κ3) is 3.16. The first-order chi connectivity index (χ1) is 12.9. The molecule has 2 aromatic rings. The molecule has 1 fully saturated rings. The molecule has 2 aliphatic rings. The molecule has 0 N–H and O–H groups in total. The van der Waals surface area contributed by atoms with Crippen LogP contribution in [0, 0.1) is 0 Å². The number of hydrogen-bond donors (Lipinski definition) is 0. The highest BCUT2D eigenvalue weighted by molar-refractivity contribution is 7.89. The smallest absolute Gasteiger partial charge is 0.243 e. The second-order valence-corrected chi connectivity index (χ2v) is 9.13. The van der Waals surface area contributed by atoms with Gasteiger partial charge in [-0.25, -0.2) is 8.42 Å². The Kier molecular flexibility index (Phi) is 4.53. The lowest BCUT2D eigenvalue weighted by Gasteiger charge is -2.39. The molecule has 7 heteroatoms. The predicted octanol–water partition coefficient (Wildman–Crippen LogP) is 1.88. The minimum Gasteiger partial charge on any atom is -0.315 e. The van der Waals surface area contributed by atoms with Gasteiger partial charge in [-0.2, -0.15) is 4.31 Å². The van der Waals surface area contributed by atoms with Crippen molar-refractivity contribution < 1.29 is 13.2 Å². The Morgan fingerprint density at radius 2 is 1.74 bits per heavy atom. The van der Waals surface area contributed by atoms with Gasteiger partial charge in [0.2, 0.25) is 15.9 Å². The monoisotopic (exact) mass is 385 g/mol. The topological polar surface area (TPSA) is 60.9 Å². The van der Waals surface area contributed by atoms with Gasteiger partial charge in [-0.3, -0.25) is 9.69 Å². The van der Waals surface area contributed by atoms with E-state index in [-0.39, 0.29) is 23.3 Å². The zero-order valence-electron chi connectivity index (χ0n) is 15.5. The number of sulfonamides is 1. The molecule has 1 saturated heterocycles. The molecule has 142 valence electrons. The average molecular weight is 385 g/mol. The third-order valence-electron chi connectivity index (χ3n) is 5.56. The van der Waals surface area contributed by atoms with E-state index >= 15 is 0 Å². The second kappa shape index (κ2) is 6.74. The molecule has 1 unspecified atom stereocenters. The summed E-state index contributed by atoms with van der Waals surface area (Å²) in [5, 5.41) is 0. The minimum atomic E-state index is -3.61. The lowest BCUT2D eigenvalue weighted by Crippen LogP contribution is -2.48. The summed E-state index contributed by atoms with van der Waals surface area (Å²) in [5.41, 5.74) is 2.68. The number of anilines is 1. The minimum absolute atomic E-state index is 0.0108. The van der Waals surface area contributed by atoms with Gasteiger partial charge in [0.1, 0.15) is 0 Å². The van der Waals surface area contributed by atoms with Crippen LogP contribution in [-0.2, 0) is 21.2 Å². The Morgan fingerprint density at radius 1 is 1.00 bits per heavy atom. The van der Waals surface area contributed by atoms with Gasteiger partial charge in [0.15, 0.2) is 0 Å². The lowest BCUT2D eigenvalue weighted by molar-refractivity contribution is -0.117. The van der Waals surface area contributed by atoms with Crippen molar-refractivity contribution in [2.45, 2.75) is 17.4 Å². The first-order valence-electron chi connectivity index (χ1n) is 9.03. The molecule has 2 aliphatic heterocycles. The van der Waals surface area contributed by atoms with Gasteiger partial charge in [-0.15, -0.1) is 0 Å². The maximum Gasteiger partial charge on any atom is 0.243 e. The van der Waals surface area contributed by atoms with Gasteiger partial charge in [0.05, 0.1) is 11.3 Å². The maximum atomic E-state index is 13.2. The van der Waals surface area contributed by atoms with Crippen LogP contribution in [0.1, 0.15) is 17.2 Å². The molecule has 6 nitrogen and oxygen atoms in total. The fraction of sp³-hybridized carbons (Fsp3) is 0.350. The molecule has 2 aromatic carbocycles. The Balaban J connectivity index is 1.63. The van der Waals surface area contributed by atoms with Crippen LogP contribution in [0.2, 0.25) is 0 Å². The molecule has 0 spiro atoms. The summed E-state index contributed by atoms with van der Waals surface area (Å²) < 4.78 is 28.0. The fourth-order valence-corrected chi connectivity index (χ4v) is 5.35. The van der Waals surface area contributed by atoms with Crippen LogP contribution in [0.25, 0.3) is 0 Å². The molecule has 0 aliphatic carbocycles. The maximum absolute atomic E-state index is 13.2. The van der Waals surface area contributed by atoms with E-state index in [1.165, 1.54) is 0 Å². The van der Waals surface area contributed by atoms with Crippen LogP contribution in [0.3, 0.4) is 0 Å². The van der Waals surface area contributed by atoms with E-state index in [2.05, 4.69) is 4.90 Å². The third-order valence-corrected chi connectivity index (χ3v) is 7.42. The molecule has 1 atom stereocenters. The van der Waals surface area contributed by atoms with Crippen molar-refractivity contribution in [1.29, 1.82) is 0 Å². The molecule has 0 bridgehead atoms. The fourth-order valence-electron chi connectivity index (χ4n) is 3.86. The lowest BCUT2D eigenvalue weighted by atomic mass is 10.0. The molecule has 0 saturated carbocycles. The summed E-state index contributed by atoms with van der Waals surface area (Å²) in [4.78, 5) is 15.9. The largest absolute Gasteiger partial charge is 0.315 e. The van der Waals surface area contributed by atoms with Gasteiger partial charge in [-0.05, 0) is 36.4 Å². The van der Waals surface area contributed by atoms with E-state index in [1.807, 2.05) is 37.4 Å². The Labute approximate surface area is 160 Å². The van der Waals surface area contributed by atoms with E-state index in [1.54, 1.807) is 34.5 Å². The number of likely N-dealkylation sites (N-methyl/N-ethyl adjacent to an activating group) is 2. The molecule has 4 rings (SSSR count). The van der Waals surface area contributed by atoms with Crippen molar-refractivity contribution in [2.24, 2.45) is 0 Å². The van der Waals surface area contributed by atoms with Crippen LogP contribution in [0.15, 0.2) is 53.4 Å². The zero-order chi connectivity index (χ0) is 19.2. The van der Waals surface area contributed by atoms with Crippen molar-refractivity contribution in [3.8, 4) is 0 Å². The summed E-state index contributed by atoms with van der Waals surface area (Å²) in [5.74, 6) is -0.0108. The van der Waals surface area contributed by atoms with Crippen LogP contribution >= 0.6 is 0 Å². The van der Waals surface area contributed by atoms with E-state index in [9.17, 15) is 13.2 Å². The number of piperazine rings is 1. The summed E-state index contributed by atoms with van der Waals surface area (Å²) in [6.45, 7) is 1.54. The summed E-state index contributed by atoms with van der Waals surface area (Å²) in [6.07, 6.45) is 0.255. The van der Waals surface area contributed by atoms with Crippen molar-refractivity contribution in [2.75, 3.05) is 38.6 Å². The number of carbonyl (C=O) groups is 1. The normalized spacial score (nSPS) is 21.5. The van der Waals surface area contributed by atoms with E-state index in [0.29, 0.717) is 19.6 Å². The molecular weight excluding hydrogens is 362 g/mol. The van der Waals surface area contributed by atoms with Crippen LogP contribution in [0.5, 0.6) is 0 Å². The highest BCUT2D eigenvalue weighted by Gasteiger charge is 2.34. The first kappa shape index (κ1) is 18.2. The zero-order valence-corrected chi connectivity index (χ0v) is 16.3. The number of benzene rings is 2. The number of amides is 1. The average Bonchev–Trinajstić information content (AvgIpc) is 2.96. The molecular formula is C20H23N3O3S. The summed E-state index contributed by atoms with van der Waals surface area (Å²) in [7, 11) is 0.136. The SMILES string of the molecule is CN1C(=O)Cc2cc(S(=O)(=O)N3CCN(C)C(c4ccccc4)C3)ccc21. The Morgan fingerprint density at radius 3 is 2.48 bits per heavy atom. The van der Waals surface area contributed by atoms with Gasteiger partial charge >= 0.3 is 0 Å². The predicted molar refractivity (Wildman–Crippen MR) is 104 cm³/mol. The number of carbonyl (C=O) groups excluding carboxylic acids is 1. The molecule has 0 radical (unpaired) electrons. The van der Waals surface area contributed by atoms with E-state index in [0.717, 1.165) is 16.8 Å². The Hall–Kier alpha value is -2.22. The Bertz CT molecular complexity index is 975. The van der Waals surface area contributed by atoms with E-state index < -0.39 is 10.0 Å². The summed E-state index contributed by atoms with van der Waals surface area (Å²) in [6, 6.07) is 15.0. The number of nitrogens with zero attached hydrogens (tertiary/aromatic N) is 3. The van der Waals surface area contributed by atoms with Gasteiger partial charge < -0.3 is 4.90 Å². The second-order valence-electron chi connectivity index (χ2n) is 7.19.